The molecule has 0 aliphatic rings. The lowest BCUT2D eigenvalue weighted by Gasteiger charge is -2.13. The van der Waals surface area contributed by atoms with Gasteiger partial charge >= 0.3 is 0 Å². The predicted octanol–water partition coefficient (Wildman–Crippen LogP) is 3.32. The summed E-state index contributed by atoms with van der Waals surface area (Å²) in [5.41, 5.74) is 2.19. The van der Waals surface area contributed by atoms with Gasteiger partial charge in [-0.25, -0.2) is 4.98 Å². The number of hydrogen-bond acceptors (Lipinski definition) is 4. The van der Waals surface area contributed by atoms with Crippen molar-refractivity contribution >= 4 is 11.3 Å². The number of phenols is 1. The fraction of sp³-hybridized carbons (Fsp3) is 0.357. The molecule has 1 heterocycles. The average molecular weight is 262 g/mol. The SMILES string of the molecule is Cc1nc(C)c(C(C)NCc2cccc(O)c2)s1. The van der Waals surface area contributed by atoms with E-state index in [4.69, 9.17) is 0 Å². The van der Waals surface area contributed by atoms with Crippen molar-refractivity contribution in [3.63, 3.8) is 0 Å². The molecule has 0 aliphatic carbocycles. The maximum atomic E-state index is 9.41. The highest BCUT2D eigenvalue weighted by Crippen LogP contribution is 2.24. The number of rotatable bonds is 4. The van der Waals surface area contributed by atoms with Crippen molar-refractivity contribution in [1.29, 1.82) is 0 Å². The smallest absolute Gasteiger partial charge is 0.115 e. The van der Waals surface area contributed by atoms with E-state index in [9.17, 15) is 5.11 Å². The first-order valence-corrected chi connectivity index (χ1v) is 6.83. The first kappa shape index (κ1) is 13.1. The molecule has 2 N–H and O–H groups in total. The highest BCUT2D eigenvalue weighted by atomic mass is 32.1. The number of aryl methyl sites for hydroxylation is 2. The summed E-state index contributed by atoms with van der Waals surface area (Å²) >= 11 is 1.74. The molecule has 3 nitrogen and oxygen atoms in total. The standard InChI is InChI=1S/C14H18N2OS/c1-9(14-10(2)16-11(3)18-14)15-8-12-5-4-6-13(17)7-12/h4-7,9,15,17H,8H2,1-3H3. The second-order valence-electron chi connectivity index (χ2n) is 4.46. The van der Waals surface area contributed by atoms with Crippen molar-refractivity contribution in [2.24, 2.45) is 0 Å². The van der Waals surface area contributed by atoms with Crippen LogP contribution in [0.5, 0.6) is 5.75 Å². The van der Waals surface area contributed by atoms with Crippen LogP contribution in [0.15, 0.2) is 24.3 Å². The Kier molecular flexibility index (Phi) is 3.99. The molecule has 0 spiro atoms. The summed E-state index contributed by atoms with van der Waals surface area (Å²) in [6.07, 6.45) is 0. The van der Waals surface area contributed by atoms with Crippen molar-refractivity contribution in [3.05, 3.63) is 45.4 Å². The van der Waals surface area contributed by atoms with Crippen molar-refractivity contribution in [1.82, 2.24) is 10.3 Å². The van der Waals surface area contributed by atoms with Gasteiger partial charge in [0, 0.05) is 17.5 Å². The van der Waals surface area contributed by atoms with Crippen LogP contribution in [0.4, 0.5) is 0 Å². The minimum atomic E-state index is 0.276. The third-order valence-corrected chi connectivity index (χ3v) is 4.11. The third kappa shape index (κ3) is 3.09. The van der Waals surface area contributed by atoms with E-state index in [1.807, 2.05) is 26.0 Å². The van der Waals surface area contributed by atoms with Gasteiger partial charge in [0.25, 0.3) is 0 Å². The molecule has 0 radical (unpaired) electrons. The van der Waals surface area contributed by atoms with Crippen molar-refractivity contribution in [2.45, 2.75) is 33.4 Å². The molecule has 0 fully saturated rings. The van der Waals surface area contributed by atoms with Crippen LogP contribution in [-0.4, -0.2) is 10.1 Å². The molecule has 0 amide bonds. The third-order valence-electron chi connectivity index (χ3n) is 2.86. The van der Waals surface area contributed by atoms with Crippen LogP contribution in [0.1, 0.15) is 34.1 Å². The Morgan fingerprint density at radius 2 is 2.17 bits per heavy atom. The number of phenolic OH excluding ortho intramolecular Hbond substituents is 1. The number of hydrogen-bond donors (Lipinski definition) is 2. The molecular formula is C14H18N2OS. The molecular weight excluding hydrogens is 244 g/mol. The van der Waals surface area contributed by atoms with E-state index >= 15 is 0 Å². The quantitative estimate of drug-likeness (QED) is 0.888. The molecule has 4 heteroatoms. The predicted molar refractivity (Wildman–Crippen MR) is 74.9 cm³/mol. The first-order chi connectivity index (χ1) is 8.56. The Bertz CT molecular complexity index is 536. The summed E-state index contributed by atoms with van der Waals surface area (Å²) in [6.45, 7) is 6.96. The molecule has 2 aromatic rings. The van der Waals surface area contributed by atoms with Crippen molar-refractivity contribution in [2.75, 3.05) is 0 Å². The Labute approximate surface area is 112 Å². The molecule has 18 heavy (non-hydrogen) atoms. The molecule has 1 unspecified atom stereocenters. The van der Waals surface area contributed by atoms with E-state index in [2.05, 4.69) is 17.2 Å². The van der Waals surface area contributed by atoms with Gasteiger partial charge in [-0.05, 0) is 38.5 Å². The van der Waals surface area contributed by atoms with Crippen LogP contribution in [0.25, 0.3) is 0 Å². The topological polar surface area (TPSA) is 45.2 Å². The Balaban J connectivity index is 2.00. The van der Waals surface area contributed by atoms with Crippen LogP contribution < -0.4 is 5.32 Å². The monoisotopic (exact) mass is 262 g/mol. The average Bonchev–Trinajstić information content (AvgIpc) is 2.66. The first-order valence-electron chi connectivity index (χ1n) is 6.01. The van der Waals surface area contributed by atoms with Gasteiger partial charge < -0.3 is 10.4 Å². The minimum absolute atomic E-state index is 0.276. The molecule has 1 aromatic heterocycles. The van der Waals surface area contributed by atoms with Gasteiger partial charge in [0.1, 0.15) is 5.75 Å². The number of aromatic nitrogens is 1. The summed E-state index contributed by atoms with van der Waals surface area (Å²) < 4.78 is 0. The molecule has 96 valence electrons. The van der Waals surface area contributed by atoms with Crippen LogP contribution in [0, 0.1) is 13.8 Å². The van der Waals surface area contributed by atoms with E-state index in [-0.39, 0.29) is 6.04 Å². The lowest BCUT2D eigenvalue weighted by molar-refractivity contribution is 0.473. The second kappa shape index (κ2) is 5.50. The minimum Gasteiger partial charge on any atom is -0.508 e. The van der Waals surface area contributed by atoms with Gasteiger partial charge in [-0.1, -0.05) is 12.1 Å². The van der Waals surface area contributed by atoms with Gasteiger partial charge in [0.2, 0.25) is 0 Å². The van der Waals surface area contributed by atoms with E-state index in [1.54, 1.807) is 23.5 Å². The molecule has 2 rings (SSSR count). The molecule has 0 bridgehead atoms. The number of benzene rings is 1. The van der Waals surface area contributed by atoms with Crippen LogP contribution in [0.2, 0.25) is 0 Å². The molecule has 1 atom stereocenters. The fourth-order valence-electron chi connectivity index (χ4n) is 1.98. The number of nitrogens with zero attached hydrogens (tertiary/aromatic N) is 1. The maximum Gasteiger partial charge on any atom is 0.115 e. The highest BCUT2D eigenvalue weighted by molar-refractivity contribution is 7.11. The largest absolute Gasteiger partial charge is 0.508 e. The summed E-state index contributed by atoms with van der Waals surface area (Å²) in [5, 5.41) is 14.0. The van der Waals surface area contributed by atoms with E-state index in [1.165, 1.54) is 4.88 Å². The van der Waals surface area contributed by atoms with Crippen LogP contribution in [-0.2, 0) is 6.54 Å². The van der Waals surface area contributed by atoms with Gasteiger partial charge in [-0.2, -0.15) is 0 Å². The van der Waals surface area contributed by atoms with E-state index in [0.717, 1.165) is 22.8 Å². The highest BCUT2D eigenvalue weighted by Gasteiger charge is 2.12. The summed E-state index contributed by atoms with van der Waals surface area (Å²) in [5.74, 6) is 0.312. The Morgan fingerprint density at radius 1 is 1.39 bits per heavy atom. The van der Waals surface area contributed by atoms with E-state index < -0.39 is 0 Å². The zero-order valence-corrected chi connectivity index (χ0v) is 11.7. The van der Waals surface area contributed by atoms with E-state index in [0.29, 0.717) is 5.75 Å². The zero-order valence-electron chi connectivity index (χ0n) is 10.9. The second-order valence-corrected chi connectivity index (χ2v) is 5.69. The fourth-order valence-corrected chi connectivity index (χ4v) is 2.93. The molecule has 0 saturated carbocycles. The van der Waals surface area contributed by atoms with Crippen molar-refractivity contribution in [3.8, 4) is 5.75 Å². The Hall–Kier alpha value is -1.39. The summed E-state index contributed by atoms with van der Waals surface area (Å²) in [4.78, 5) is 5.72. The normalized spacial score (nSPS) is 12.6. The molecule has 0 aliphatic heterocycles. The van der Waals surface area contributed by atoms with Gasteiger partial charge in [-0.3, -0.25) is 0 Å². The number of aromatic hydroxyl groups is 1. The maximum absolute atomic E-state index is 9.41. The Morgan fingerprint density at radius 3 is 2.78 bits per heavy atom. The van der Waals surface area contributed by atoms with Gasteiger partial charge in [0.15, 0.2) is 0 Å². The van der Waals surface area contributed by atoms with Crippen LogP contribution >= 0.6 is 11.3 Å². The lowest BCUT2D eigenvalue weighted by atomic mass is 10.2. The van der Waals surface area contributed by atoms with Gasteiger partial charge in [0.05, 0.1) is 10.7 Å². The summed E-state index contributed by atoms with van der Waals surface area (Å²) in [6, 6.07) is 7.61. The zero-order chi connectivity index (χ0) is 13.1. The lowest BCUT2D eigenvalue weighted by Crippen LogP contribution is -2.17. The molecule has 0 saturated heterocycles. The van der Waals surface area contributed by atoms with Crippen LogP contribution in [0.3, 0.4) is 0 Å². The van der Waals surface area contributed by atoms with Crippen molar-refractivity contribution < 1.29 is 5.11 Å². The number of thiazole rings is 1. The summed E-state index contributed by atoms with van der Waals surface area (Å²) in [7, 11) is 0. The number of nitrogens with one attached hydrogen (secondary N) is 1. The molecule has 1 aromatic carbocycles. The van der Waals surface area contributed by atoms with Gasteiger partial charge in [-0.15, -0.1) is 11.3 Å².